The Kier molecular flexibility index (Phi) is 7.86. The van der Waals surface area contributed by atoms with Crippen molar-refractivity contribution in [1.29, 1.82) is 0 Å². The summed E-state index contributed by atoms with van der Waals surface area (Å²) in [5.74, 6) is 0.794. The molecule has 0 bridgehead atoms. The lowest BCUT2D eigenvalue weighted by Gasteiger charge is -2.34. The van der Waals surface area contributed by atoms with Gasteiger partial charge in [0.1, 0.15) is 12.0 Å². The van der Waals surface area contributed by atoms with Crippen LogP contribution < -0.4 is 0 Å². The Labute approximate surface area is 180 Å². The largest absolute Gasteiger partial charge is 0.464 e. The third-order valence-electron chi connectivity index (χ3n) is 5.49. The minimum Gasteiger partial charge on any atom is -0.464 e. The van der Waals surface area contributed by atoms with Crippen LogP contribution in [0.1, 0.15) is 48.4 Å². The molecule has 0 radical (unpaired) electrons. The quantitative estimate of drug-likeness (QED) is 0.541. The molecule has 0 N–H and O–H groups in total. The monoisotopic (exact) mass is 404 g/mol. The van der Waals surface area contributed by atoms with Gasteiger partial charge < -0.3 is 9.32 Å². The summed E-state index contributed by atoms with van der Waals surface area (Å²) >= 11 is 0. The van der Waals surface area contributed by atoms with Gasteiger partial charge in [-0.3, -0.25) is 9.69 Å². The smallest absolute Gasteiger partial charge is 0.257 e. The van der Waals surface area contributed by atoms with Crippen molar-refractivity contribution in [2.75, 3.05) is 26.2 Å². The summed E-state index contributed by atoms with van der Waals surface area (Å²) < 4.78 is 5.63. The van der Waals surface area contributed by atoms with Crippen molar-refractivity contribution in [2.24, 2.45) is 0 Å². The Morgan fingerprint density at radius 2 is 1.87 bits per heavy atom. The van der Waals surface area contributed by atoms with Gasteiger partial charge in [-0.25, -0.2) is 0 Å². The fraction of sp³-hybridized carbons (Fsp3) is 0.346. The minimum atomic E-state index is 0.0555. The molecular weight excluding hydrogens is 372 g/mol. The average molecular weight is 405 g/mol. The highest BCUT2D eigenvalue weighted by molar-refractivity contribution is 5.94. The van der Waals surface area contributed by atoms with Gasteiger partial charge in [0.2, 0.25) is 0 Å². The van der Waals surface area contributed by atoms with Crippen molar-refractivity contribution >= 4 is 12.0 Å². The van der Waals surface area contributed by atoms with E-state index in [9.17, 15) is 4.79 Å². The second kappa shape index (κ2) is 10.8. The summed E-state index contributed by atoms with van der Waals surface area (Å²) in [6.45, 7) is 12.1. The third kappa shape index (κ3) is 6.33. The van der Waals surface area contributed by atoms with Crippen molar-refractivity contribution in [3.8, 4) is 0 Å². The predicted octanol–water partition coefficient (Wildman–Crippen LogP) is 5.55. The van der Waals surface area contributed by atoms with Crippen LogP contribution in [0.25, 0.3) is 6.08 Å². The number of piperazine rings is 1. The number of amides is 1. The van der Waals surface area contributed by atoms with E-state index in [2.05, 4.69) is 55.7 Å². The van der Waals surface area contributed by atoms with Crippen molar-refractivity contribution in [2.45, 2.75) is 33.2 Å². The van der Waals surface area contributed by atoms with Crippen LogP contribution in [0.3, 0.4) is 0 Å². The SMILES string of the molecule is C=C/C(C)=C\CC/C(C)=C/c1cc(C(=O)N2CCN(Cc3ccccc3)CC2)co1. The second-order valence-corrected chi connectivity index (χ2v) is 7.97. The van der Waals surface area contributed by atoms with Gasteiger partial charge in [-0.15, -0.1) is 0 Å². The molecule has 0 atom stereocenters. The Balaban J connectivity index is 1.50. The number of carbonyl (C=O) groups excluding carboxylic acids is 1. The van der Waals surface area contributed by atoms with Crippen LogP contribution in [0.5, 0.6) is 0 Å². The number of rotatable bonds is 8. The van der Waals surface area contributed by atoms with Crippen LogP contribution >= 0.6 is 0 Å². The van der Waals surface area contributed by atoms with E-state index in [-0.39, 0.29) is 5.91 Å². The summed E-state index contributed by atoms with van der Waals surface area (Å²) in [6, 6.07) is 12.3. The van der Waals surface area contributed by atoms with Gasteiger partial charge in [-0.2, -0.15) is 0 Å². The first kappa shape index (κ1) is 21.8. The lowest BCUT2D eigenvalue weighted by Crippen LogP contribution is -2.48. The van der Waals surface area contributed by atoms with Crippen molar-refractivity contribution in [1.82, 2.24) is 9.80 Å². The molecule has 1 amide bonds. The summed E-state index contributed by atoms with van der Waals surface area (Å²) in [5.41, 5.74) is 4.37. The first-order chi connectivity index (χ1) is 14.5. The van der Waals surface area contributed by atoms with E-state index in [0.717, 1.165) is 51.3 Å². The van der Waals surface area contributed by atoms with Gasteiger partial charge in [-0.05, 0) is 44.4 Å². The Hall–Kier alpha value is -2.85. The fourth-order valence-corrected chi connectivity index (χ4v) is 3.60. The number of benzene rings is 1. The maximum Gasteiger partial charge on any atom is 0.257 e. The Morgan fingerprint density at radius 3 is 2.57 bits per heavy atom. The first-order valence-corrected chi connectivity index (χ1v) is 10.7. The first-order valence-electron chi connectivity index (χ1n) is 10.7. The molecule has 1 aliphatic heterocycles. The number of hydrogen-bond acceptors (Lipinski definition) is 3. The molecule has 2 aromatic rings. The topological polar surface area (TPSA) is 36.7 Å². The summed E-state index contributed by atoms with van der Waals surface area (Å²) in [6.07, 6.45) is 9.58. The molecular formula is C26H32N2O2. The molecule has 2 heterocycles. The van der Waals surface area contributed by atoms with Crippen LogP contribution in [0, 0.1) is 0 Å². The number of hydrogen-bond donors (Lipinski definition) is 0. The van der Waals surface area contributed by atoms with Crippen LogP contribution in [0.2, 0.25) is 0 Å². The molecule has 1 aromatic carbocycles. The molecule has 4 heteroatoms. The third-order valence-corrected chi connectivity index (χ3v) is 5.49. The van der Waals surface area contributed by atoms with Crippen LogP contribution in [0.4, 0.5) is 0 Å². The highest BCUT2D eigenvalue weighted by atomic mass is 16.3. The Bertz CT molecular complexity index is 900. The van der Waals surface area contributed by atoms with E-state index in [1.54, 1.807) is 6.26 Å². The maximum atomic E-state index is 12.9. The predicted molar refractivity (Wildman–Crippen MR) is 123 cm³/mol. The number of nitrogens with zero attached hydrogens (tertiary/aromatic N) is 2. The standard InChI is InChI=1S/C26H32N2O2/c1-4-21(2)9-8-10-22(3)17-25-18-24(20-30-25)26(29)28-15-13-27(14-16-28)19-23-11-6-5-7-12-23/h4-7,9,11-12,17-18,20H,1,8,10,13-16,19H2,2-3H3/b21-9-,22-17+. The van der Waals surface area contributed by atoms with Crippen LogP contribution in [-0.2, 0) is 6.54 Å². The fourth-order valence-electron chi connectivity index (χ4n) is 3.60. The highest BCUT2D eigenvalue weighted by Gasteiger charge is 2.23. The van der Waals surface area contributed by atoms with E-state index in [4.69, 9.17) is 4.42 Å². The molecule has 0 saturated carbocycles. The number of furan rings is 1. The molecule has 3 rings (SSSR count). The van der Waals surface area contributed by atoms with E-state index in [1.165, 1.54) is 16.7 Å². The van der Waals surface area contributed by atoms with Gasteiger partial charge in [0.05, 0.1) is 5.56 Å². The van der Waals surface area contributed by atoms with Crippen LogP contribution in [0.15, 0.2) is 77.0 Å². The Morgan fingerprint density at radius 1 is 1.13 bits per heavy atom. The molecule has 0 aliphatic carbocycles. The normalized spacial score (nSPS) is 16.0. The van der Waals surface area contributed by atoms with E-state index in [0.29, 0.717) is 5.56 Å². The summed E-state index contributed by atoms with van der Waals surface area (Å²) in [4.78, 5) is 17.2. The molecule has 1 aliphatic rings. The lowest BCUT2D eigenvalue weighted by atomic mass is 10.1. The van der Waals surface area contributed by atoms with Crippen LogP contribution in [-0.4, -0.2) is 41.9 Å². The van der Waals surface area contributed by atoms with Gasteiger partial charge in [0.15, 0.2) is 0 Å². The van der Waals surface area contributed by atoms with Gasteiger partial charge in [0, 0.05) is 32.7 Å². The molecule has 0 unspecified atom stereocenters. The van der Waals surface area contributed by atoms with Gasteiger partial charge >= 0.3 is 0 Å². The van der Waals surface area contributed by atoms with Gasteiger partial charge in [0.25, 0.3) is 5.91 Å². The number of allylic oxidation sites excluding steroid dienone is 4. The van der Waals surface area contributed by atoms with E-state index in [1.807, 2.05) is 29.2 Å². The highest BCUT2D eigenvalue weighted by Crippen LogP contribution is 2.18. The van der Waals surface area contributed by atoms with Gasteiger partial charge in [-0.1, -0.05) is 60.2 Å². The molecule has 1 aromatic heterocycles. The number of carbonyl (C=O) groups is 1. The summed E-state index contributed by atoms with van der Waals surface area (Å²) in [7, 11) is 0. The second-order valence-electron chi connectivity index (χ2n) is 7.97. The summed E-state index contributed by atoms with van der Waals surface area (Å²) in [5, 5.41) is 0. The zero-order chi connectivity index (χ0) is 21.3. The molecule has 158 valence electrons. The van der Waals surface area contributed by atoms with Crippen molar-refractivity contribution < 1.29 is 9.21 Å². The molecule has 4 nitrogen and oxygen atoms in total. The zero-order valence-corrected chi connectivity index (χ0v) is 18.1. The van der Waals surface area contributed by atoms with Crippen molar-refractivity contribution in [3.05, 3.63) is 89.4 Å². The van der Waals surface area contributed by atoms with E-state index >= 15 is 0 Å². The minimum absolute atomic E-state index is 0.0555. The molecule has 30 heavy (non-hydrogen) atoms. The van der Waals surface area contributed by atoms with Crippen molar-refractivity contribution in [3.63, 3.8) is 0 Å². The molecule has 1 fully saturated rings. The van der Waals surface area contributed by atoms with E-state index < -0.39 is 0 Å². The zero-order valence-electron chi connectivity index (χ0n) is 18.1. The average Bonchev–Trinajstić information content (AvgIpc) is 3.22. The lowest BCUT2D eigenvalue weighted by molar-refractivity contribution is 0.0628. The molecule has 0 spiro atoms. The molecule has 1 saturated heterocycles. The maximum absolute atomic E-state index is 12.9.